The first-order valence-electron chi connectivity index (χ1n) is 10.6. The molecule has 1 unspecified atom stereocenters. The molecule has 164 valence electrons. The summed E-state index contributed by atoms with van der Waals surface area (Å²) >= 11 is 0. The quantitative estimate of drug-likeness (QED) is 0.502. The maximum atomic E-state index is 12.6. The second-order valence-corrected chi connectivity index (χ2v) is 11.6. The Morgan fingerprint density at radius 1 is 1.20 bits per heavy atom. The highest BCUT2D eigenvalue weighted by molar-refractivity contribution is 7.90. The van der Waals surface area contributed by atoms with Crippen LogP contribution < -0.4 is 10.6 Å². The summed E-state index contributed by atoms with van der Waals surface area (Å²) < 4.78 is 23.3. The summed E-state index contributed by atoms with van der Waals surface area (Å²) in [5, 5.41) is 17.3. The number of nitrogens with one attached hydrogen (secondary N) is 2. The van der Waals surface area contributed by atoms with E-state index in [0.29, 0.717) is 0 Å². The van der Waals surface area contributed by atoms with Gasteiger partial charge in [-0.25, -0.2) is 8.42 Å². The maximum Gasteiger partial charge on any atom is 0.293 e. The summed E-state index contributed by atoms with van der Waals surface area (Å²) in [6.07, 6.45) is 8.58. The summed E-state index contributed by atoms with van der Waals surface area (Å²) in [5.74, 6) is 2.18. The fraction of sp³-hybridized carbons (Fsp3) is 0.667. The van der Waals surface area contributed by atoms with Gasteiger partial charge in [0, 0.05) is 18.4 Å². The number of nitro benzene ring substituents is 1. The predicted molar refractivity (Wildman–Crippen MR) is 113 cm³/mol. The van der Waals surface area contributed by atoms with Crippen LogP contribution in [0.2, 0.25) is 0 Å². The van der Waals surface area contributed by atoms with E-state index in [1.54, 1.807) is 0 Å². The van der Waals surface area contributed by atoms with Crippen molar-refractivity contribution in [2.45, 2.75) is 56.4 Å². The fourth-order valence-corrected chi connectivity index (χ4v) is 7.01. The topological polar surface area (TPSA) is 118 Å². The Bertz CT molecular complexity index is 940. The largest absolute Gasteiger partial charge is 0.371 e. The Morgan fingerprint density at radius 3 is 2.27 bits per heavy atom. The summed E-state index contributed by atoms with van der Waals surface area (Å²) in [6.45, 7) is 1.99. The van der Waals surface area contributed by atoms with Gasteiger partial charge in [0.1, 0.15) is 5.69 Å². The van der Waals surface area contributed by atoms with Crippen LogP contribution in [0.3, 0.4) is 0 Å². The number of sulfone groups is 1. The van der Waals surface area contributed by atoms with E-state index < -0.39 is 14.8 Å². The minimum atomic E-state index is -3.56. The van der Waals surface area contributed by atoms with Crippen molar-refractivity contribution < 1.29 is 18.1 Å². The van der Waals surface area contributed by atoms with Crippen molar-refractivity contribution in [2.75, 3.05) is 18.1 Å². The van der Waals surface area contributed by atoms with Crippen LogP contribution >= 0.6 is 0 Å². The molecule has 4 aliphatic carbocycles. The number of benzene rings is 1. The average molecular weight is 436 g/mol. The molecule has 1 atom stereocenters. The number of rotatable bonds is 7. The lowest BCUT2D eigenvalue weighted by atomic mass is 9.48. The van der Waals surface area contributed by atoms with Crippen molar-refractivity contribution >= 4 is 27.1 Å². The lowest BCUT2D eigenvalue weighted by molar-refractivity contribution is -0.384. The van der Waals surface area contributed by atoms with E-state index in [1.165, 1.54) is 50.7 Å². The van der Waals surface area contributed by atoms with Crippen molar-refractivity contribution in [1.29, 1.82) is 0 Å². The lowest BCUT2D eigenvalue weighted by Gasteiger charge is -2.59. The van der Waals surface area contributed by atoms with Gasteiger partial charge in [-0.2, -0.15) is 0 Å². The minimum absolute atomic E-state index is 0.0720. The second kappa shape index (κ2) is 7.51. The Kier molecular flexibility index (Phi) is 5.28. The van der Waals surface area contributed by atoms with Gasteiger partial charge in [-0.15, -0.1) is 0 Å². The molecule has 0 saturated heterocycles. The second-order valence-electron chi connectivity index (χ2n) is 9.63. The van der Waals surface area contributed by atoms with Crippen LogP contribution in [0.25, 0.3) is 0 Å². The van der Waals surface area contributed by atoms with E-state index >= 15 is 0 Å². The molecule has 8 nitrogen and oxygen atoms in total. The summed E-state index contributed by atoms with van der Waals surface area (Å²) in [4.78, 5) is 23.2. The van der Waals surface area contributed by atoms with Gasteiger partial charge in [0.05, 0.1) is 16.4 Å². The fourth-order valence-electron chi connectivity index (χ4n) is 6.37. The van der Waals surface area contributed by atoms with Crippen molar-refractivity contribution in [3.63, 3.8) is 0 Å². The molecule has 4 fully saturated rings. The highest BCUT2D eigenvalue weighted by Gasteiger charge is 2.53. The van der Waals surface area contributed by atoms with Crippen molar-refractivity contribution in [3.8, 4) is 0 Å². The molecule has 0 heterocycles. The van der Waals surface area contributed by atoms with E-state index in [4.69, 9.17) is 0 Å². The maximum absolute atomic E-state index is 12.6. The molecule has 9 heteroatoms. The molecule has 1 amide bonds. The standard InChI is InChI=1S/C21H29N3O5S/c1-13(21-9-14-5-15(10-21)7-16(6-14)11-21)23-20(25)12-22-18-4-3-17(30(2,28)29)8-19(18)24(26)27/h3-4,8,13-16,22H,5-7,9-12H2,1-2H3,(H,23,25). The molecule has 1 aromatic rings. The van der Waals surface area contributed by atoms with Crippen LogP contribution in [0.4, 0.5) is 11.4 Å². The molecular formula is C21H29N3O5S. The molecule has 0 spiro atoms. The molecule has 0 aliphatic heterocycles. The molecule has 0 aromatic heterocycles. The number of carbonyl (C=O) groups is 1. The summed E-state index contributed by atoms with van der Waals surface area (Å²) in [5.41, 5.74) is -0.0436. The number of amides is 1. The number of nitro groups is 1. The van der Waals surface area contributed by atoms with Crippen molar-refractivity contribution in [3.05, 3.63) is 28.3 Å². The molecule has 4 aliphatic rings. The molecule has 1 aromatic carbocycles. The highest BCUT2D eigenvalue weighted by Crippen LogP contribution is 2.61. The van der Waals surface area contributed by atoms with Crippen molar-refractivity contribution in [1.82, 2.24) is 5.32 Å². The van der Waals surface area contributed by atoms with E-state index in [0.717, 1.165) is 30.1 Å². The zero-order chi connectivity index (χ0) is 21.7. The summed E-state index contributed by atoms with van der Waals surface area (Å²) in [7, 11) is -3.56. The smallest absolute Gasteiger partial charge is 0.293 e. The normalized spacial score (nSPS) is 30.7. The number of nitrogens with zero attached hydrogens (tertiary/aromatic N) is 1. The van der Waals surface area contributed by atoms with Crippen LogP contribution in [0.5, 0.6) is 0 Å². The molecule has 4 saturated carbocycles. The zero-order valence-corrected chi connectivity index (χ0v) is 18.2. The van der Waals surface area contributed by atoms with Gasteiger partial charge in [0.2, 0.25) is 5.91 Å². The Morgan fingerprint density at radius 2 is 1.77 bits per heavy atom. The van der Waals surface area contributed by atoms with Crippen LogP contribution in [-0.4, -0.2) is 38.1 Å². The SMILES string of the molecule is CC(NC(=O)CNc1ccc(S(C)(=O)=O)cc1[N+](=O)[O-])C12CC3CC(CC(C3)C1)C2. The molecule has 0 radical (unpaired) electrons. The Hall–Kier alpha value is -2.16. The number of hydrogen-bond donors (Lipinski definition) is 2. The molecule has 5 rings (SSSR count). The van der Waals surface area contributed by atoms with Crippen LogP contribution in [0, 0.1) is 33.3 Å². The van der Waals surface area contributed by atoms with Gasteiger partial charge in [-0.05, 0) is 80.8 Å². The van der Waals surface area contributed by atoms with E-state index in [9.17, 15) is 23.3 Å². The highest BCUT2D eigenvalue weighted by atomic mass is 32.2. The van der Waals surface area contributed by atoms with Gasteiger partial charge in [0.25, 0.3) is 5.69 Å². The Labute approximate surface area is 176 Å². The van der Waals surface area contributed by atoms with E-state index in [-0.39, 0.29) is 40.2 Å². The van der Waals surface area contributed by atoms with Crippen LogP contribution in [0.15, 0.2) is 23.1 Å². The number of anilines is 1. The number of carbonyl (C=O) groups excluding carboxylic acids is 1. The first-order chi connectivity index (χ1) is 14.1. The average Bonchev–Trinajstić information content (AvgIpc) is 2.64. The Balaban J connectivity index is 1.40. The van der Waals surface area contributed by atoms with Gasteiger partial charge in [-0.1, -0.05) is 0 Å². The van der Waals surface area contributed by atoms with E-state index in [2.05, 4.69) is 17.6 Å². The molecular weight excluding hydrogens is 406 g/mol. The van der Waals surface area contributed by atoms with Gasteiger partial charge >= 0.3 is 0 Å². The molecule has 30 heavy (non-hydrogen) atoms. The molecule has 4 bridgehead atoms. The van der Waals surface area contributed by atoms with Crippen LogP contribution in [0.1, 0.15) is 45.4 Å². The first kappa shape index (κ1) is 21.1. The van der Waals surface area contributed by atoms with Gasteiger partial charge < -0.3 is 10.6 Å². The number of hydrogen-bond acceptors (Lipinski definition) is 6. The lowest BCUT2D eigenvalue weighted by Crippen LogP contribution is -2.56. The summed E-state index contributed by atoms with van der Waals surface area (Å²) in [6, 6.07) is 3.74. The third-order valence-electron chi connectivity index (χ3n) is 7.42. The first-order valence-corrected chi connectivity index (χ1v) is 12.5. The zero-order valence-electron chi connectivity index (χ0n) is 17.4. The third kappa shape index (κ3) is 4.04. The monoisotopic (exact) mass is 435 g/mol. The predicted octanol–water partition coefficient (Wildman–Crippen LogP) is 3.13. The van der Waals surface area contributed by atoms with Crippen molar-refractivity contribution in [2.24, 2.45) is 23.2 Å². The third-order valence-corrected chi connectivity index (χ3v) is 8.53. The van der Waals surface area contributed by atoms with Crippen LogP contribution in [-0.2, 0) is 14.6 Å². The van der Waals surface area contributed by atoms with Gasteiger partial charge in [0.15, 0.2) is 9.84 Å². The minimum Gasteiger partial charge on any atom is -0.371 e. The van der Waals surface area contributed by atoms with E-state index in [1.807, 2.05) is 0 Å². The van der Waals surface area contributed by atoms with Gasteiger partial charge in [-0.3, -0.25) is 14.9 Å². The molecule has 2 N–H and O–H groups in total.